The molecule has 0 unspecified atom stereocenters. The molecule has 118 valence electrons. The number of terminal acetylenes is 1. The van der Waals surface area contributed by atoms with E-state index in [1.54, 1.807) is 4.90 Å². The smallest absolute Gasteiger partial charge is 0.410 e. The van der Waals surface area contributed by atoms with E-state index < -0.39 is 5.60 Å². The standard InChI is InChI=1S/C18H24N2O2/c1-5-15-6-8-16(9-7-15)14-19-10-12-20(13-11-19)17(21)22-18(2,3)4/h1,6-9H,10-14H2,2-4H3. The van der Waals surface area contributed by atoms with Crippen molar-refractivity contribution < 1.29 is 9.53 Å². The van der Waals surface area contributed by atoms with E-state index in [1.807, 2.05) is 32.9 Å². The lowest BCUT2D eigenvalue weighted by molar-refractivity contribution is 0.0139. The summed E-state index contributed by atoms with van der Waals surface area (Å²) in [6.45, 7) is 9.68. The second-order valence-electron chi connectivity index (χ2n) is 6.58. The Morgan fingerprint density at radius 1 is 1.18 bits per heavy atom. The molecular formula is C18H24N2O2. The van der Waals surface area contributed by atoms with Crippen LogP contribution in [0.2, 0.25) is 0 Å². The fourth-order valence-corrected chi connectivity index (χ4v) is 2.38. The zero-order chi connectivity index (χ0) is 16.2. The van der Waals surface area contributed by atoms with Crippen LogP contribution in [0.15, 0.2) is 24.3 Å². The van der Waals surface area contributed by atoms with Gasteiger partial charge in [-0.3, -0.25) is 4.90 Å². The van der Waals surface area contributed by atoms with Crippen LogP contribution in [-0.4, -0.2) is 47.7 Å². The number of ether oxygens (including phenoxy) is 1. The van der Waals surface area contributed by atoms with Crippen LogP contribution >= 0.6 is 0 Å². The molecular weight excluding hydrogens is 276 g/mol. The van der Waals surface area contributed by atoms with Crippen LogP contribution in [0.5, 0.6) is 0 Å². The van der Waals surface area contributed by atoms with E-state index >= 15 is 0 Å². The predicted octanol–water partition coefficient (Wildman–Crippen LogP) is 2.72. The molecule has 0 spiro atoms. The van der Waals surface area contributed by atoms with Crippen molar-refractivity contribution in [3.8, 4) is 12.3 Å². The summed E-state index contributed by atoms with van der Waals surface area (Å²) >= 11 is 0. The summed E-state index contributed by atoms with van der Waals surface area (Å²) in [7, 11) is 0. The first kappa shape index (κ1) is 16.4. The molecule has 0 N–H and O–H groups in total. The summed E-state index contributed by atoms with van der Waals surface area (Å²) < 4.78 is 5.41. The number of piperazine rings is 1. The lowest BCUT2D eigenvalue weighted by atomic mass is 10.1. The van der Waals surface area contributed by atoms with Gasteiger partial charge in [0, 0.05) is 38.3 Å². The third-order valence-electron chi connectivity index (χ3n) is 3.55. The summed E-state index contributed by atoms with van der Waals surface area (Å²) in [5, 5.41) is 0. The van der Waals surface area contributed by atoms with Crippen LogP contribution in [0.3, 0.4) is 0 Å². The Kier molecular flexibility index (Phi) is 5.10. The van der Waals surface area contributed by atoms with E-state index in [2.05, 4.69) is 23.0 Å². The molecule has 1 saturated heterocycles. The fraction of sp³-hybridized carbons (Fsp3) is 0.500. The molecule has 4 nitrogen and oxygen atoms in total. The van der Waals surface area contributed by atoms with Gasteiger partial charge < -0.3 is 9.64 Å². The van der Waals surface area contributed by atoms with Crippen LogP contribution in [0.25, 0.3) is 0 Å². The zero-order valence-electron chi connectivity index (χ0n) is 13.6. The second-order valence-corrected chi connectivity index (χ2v) is 6.58. The maximum atomic E-state index is 12.0. The average Bonchev–Trinajstić information content (AvgIpc) is 2.47. The van der Waals surface area contributed by atoms with Gasteiger partial charge in [-0.2, -0.15) is 0 Å². The largest absolute Gasteiger partial charge is 0.444 e. The number of benzene rings is 1. The maximum Gasteiger partial charge on any atom is 0.410 e. The predicted molar refractivity (Wildman–Crippen MR) is 87.5 cm³/mol. The van der Waals surface area contributed by atoms with Crippen molar-refractivity contribution in [3.05, 3.63) is 35.4 Å². The highest BCUT2D eigenvalue weighted by atomic mass is 16.6. The number of nitrogens with zero attached hydrogens (tertiary/aromatic N) is 2. The molecule has 22 heavy (non-hydrogen) atoms. The van der Waals surface area contributed by atoms with Crippen LogP contribution in [-0.2, 0) is 11.3 Å². The minimum absolute atomic E-state index is 0.217. The first-order valence-corrected chi connectivity index (χ1v) is 7.63. The molecule has 4 heteroatoms. The highest BCUT2D eigenvalue weighted by Gasteiger charge is 2.25. The molecule has 1 fully saturated rings. The van der Waals surface area contributed by atoms with Gasteiger partial charge in [-0.05, 0) is 38.5 Å². The number of carbonyl (C=O) groups is 1. The van der Waals surface area contributed by atoms with Crippen molar-refractivity contribution in [2.24, 2.45) is 0 Å². The maximum absolute atomic E-state index is 12.0. The Morgan fingerprint density at radius 2 is 1.77 bits per heavy atom. The molecule has 1 aliphatic heterocycles. The monoisotopic (exact) mass is 300 g/mol. The second kappa shape index (κ2) is 6.85. The average molecular weight is 300 g/mol. The van der Waals surface area contributed by atoms with Gasteiger partial charge in [-0.1, -0.05) is 18.1 Å². The lowest BCUT2D eigenvalue weighted by Crippen LogP contribution is -2.49. The molecule has 2 rings (SSSR count). The first-order valence-electron chi connectivity index (χ1n) is 7.63. The van der Waals surface area contributed by atoms with E-state index in [4.69, 9.17) is 11.2 Å². The quantitative estimate of drug-likeness (QED) is 0.787. The van der Waals surface area contributed by atoms with Crippen LogP contribution < -0.4 is 0 Å². The van der Waals surface area contributed by atoms with E-state index in [-0.39, 0.29) is 6.09 Å². The molecule has 1 aliphatic rings. The SMILES string of the molecule is C#Cc1ccc(CN2CCN(C(=O)OC(C)(C)C)CC2)cc1. The van der Waals surface area contributed by atoms with E-state index in [9.17, 15) is 4.79 Å². The molecule has 0 bridgehead atoms. The highest BCUT2D eigenvalue weighted by molar-refractivity contribution is 5.68. The Morgan fingerprint density at radius 3 is 2.27 bits per heavy atom. The lowest BCUT2D eigenvalue weighted by Gasteiger charge is -2.35. The molecule has 1 amide bonds. The summed E-state index contributed by atoms with van der Waals surface area (Å²) in [4.78, 5) is 16.1. The van der Waals surface area contributed by atoms with E-state index in [0.29, 0.717) is 13.1 Å². The van der Waals surface area contributed by atoms with E-state index in [1.165, 1.54) is 5.56 Å². The molecule has 0 aliphatic carbocycles. The number of carbonyl (C=O) groups excluding carboxylic acids is 1. The molecule has 1 aromatic carbocycles. The Hall–Kier alpha value is -1.99. The van der Waals surface area contributed by atoms with Gasteiger partial charge in [0.05, 0.1) is 0 Å². The molecule has 0 saturated carbocycles. The molecule has 0 atom stereocenters. The Balaban J connectivity index is 1.82. The normalized spacial score (nSPS) is 16.2. The zero-order valence-corrected chi connectivity index (χ0v) is 13.6. The molecule has 1 aromatic rings. The third kappa shape index (κ3) is 4.78. The van der Waals surface area contributed by atoms with Crippen molar-refractivity contribution in [2.75, 3.05) is 26.2 Å². The number of rotatable bonds is 2. The van der Waals surface area contributed by atoms with E-state index in [0.717, 1.165) is 25.2 Å². The van der Waals surface area contributed by atoms with Crippen molar-refractivity contribution in [2.45, 2.75) is 32.9 Å². The summed E-state index contributed by atoms with van der Waals surface area (Å²) in [5.74, 6) is 2.62. The van der Waals surface area contributed by atoms with Gasteiger partial charge >= 0.3 is 6.09 Å². The van der Waals surface area contributed by atoms with Crippen molar-refractivity contribution in [3.63, 3.8) is 0 Å². The third-order valence-corrected chi connectivity index (χ3v) is 3.55. The van der Waals surface area contributed by atoms with Crippen LogP contribution in [0.4, 0.5) is 4.79 Å². The van der Waals surface area contributed by atoms with Crippen LogP contribution in [0.1, 0.15) is 31.9 Å². The molecule has 1 heterocycles. The summed E-state index contributed by atoms with van der Waals surface area (Å²) in [5.41, 5.74) is 1.70. The summed E-state index contributed by atoms with van der Waals surface area (Å²) in [6, 6.07) is 8.06. The topological polar surface area (TPSA) is 32.8 Å². The van der Waals surface area contributed by atoms with Gasteiger partial charge in [0.2, 0.25) is 0 Å². The molecule has 0 aromatic heterocycles. The van der Waals surface area contributed by atoms with Gasteiger partial charge in [0.25, 0.3) is 0 Å². The Labute approximate surface area is 133 Å². The van der Waals surface area contributed by atoms with Crippen molar-refractivity contribution >= 4 is 6.09 Å². The van der Waals surface area contributed by atoms with Crippen LogP contribution in [0, 0.1) is 12.3 Å². The highest BCUT2D eigenvalue weighted by Crippen LogP contribution is 2.13. The summed E-state index contributed by atoms with van der Waals surface area (Å²) in [6.07, 6.45) is 5.14. The van der Waals surface area contributed by atoms with Gasteiger partial charge in [0.15, 0.2) is 0 Å². The van der Waals surface area contributed by atoms with Crippen molar-refractivity contribution in [1.82, 2.24) is 9.80 Å². The van der Waals surface area contributed by atoms with Gasteiger partial charge in [0.1, 0.15) is 5.60 Å². The number of hydrogen-bond donors (Lipinski definition) is 0. The van der Waals surface area contributed by atoms with Crippen molar-refractivity contribution in [1.29, 1.82) is 0 Å². The Bertz CT molecular complexity index is 544. The van der Waals surface area contributed by atoms with Gasteiger partial charge in [-0.15, -0.1) is 6.42 Å². The molecule has 0 radical (unpaired) electrons. The van der Waals surface area contributed by atoms with Gasteiger partial charge in [-0.25, -0.2) is 4.79 Å². The number of hydrogen-bond acceptors (Lipinski definition) is 3. The minimum atomic E-state index is -0.438. The minimum Gasteiger partial charge on any atom is -0.444 e. The number of amides is 1. The first-order chi connectivity index (χ1) is 10.4. The fourth-order valence-electron chi connectivity index (χ4n) is 2.38.